The number of H-pyrrole nitrogens is 2. The smallest absolute Gasteiger partial charge is 0.287 e. The fourth-order valence-corrected chi connectivity index (χ4v) is 2.67. The molecule has 0 radical (unpaired) electrons. The largest absolute Gasteiger partial charge is 0.348 e. The molecule has 0 aliphatic carbocycles. The average molecular weight is 365 g/mol. The summed E-state index contributed by atoms with van der Waals surface area (Å²) >= 11 is 6.10. The van der Waals surface area contributed by atoms with E-state index in [0.29, 0.717) is 29.3 Å². The molecule has 3 heterocycles. The molecule has 8 heteroatoms. The molecule has 0 bridgehead atoms. The highest BCUT2D eigenvalue weighted by atomic mass is 35.5. The van der Waals surface area contributed by atoms with Crippen molar-refractivity contribution in [1.29, 1.82) is 0 Å². The first-order valence-corrected chi connectivity index (χ1v) is 8.30. The molecular formula is C18H13ClN6O. The summed E-state index contributed by atoms with van der Waals surface area (Å²) in [6.07, 6.45) is 2.14. The second kappa shape index (κ2) is 6.86. The molecule has 3 aromatic heterocycles. The molecule has 0 atom stereocenters. The summed E-state index contributed by atoms with van der Waals surface area (Å²) in [5.41, 5.74) is 2.84. The quantitative estimate of drug-likeness (QED) is 0.295. The van der Waals surface area contributed by atoms with Crippen LogP contribution in [-0.2, 0) is 0 Å². The molecule has 0 spiro atoms. The molecule has 0 aliphatic rings. The van der Waals surface area contributed by atoms with Crippen LogP contribution < -0.4 is 5.32 Å². The third kappa shape index (κ3) is 3.23. The van der Waals surface area contributed by atoms with E-state index in [1.54, 1.807) is 6.20 Å². The van der Waals surface area contributed by atoms with Gasteiger partial charge in [-0.1, -0.05) is 35.6 Å². The number of carbonyl (C=O) groups is 1. The molecule has 0 fully saturated rings. The van der Waals surface area contributed by atoms with Gasteiger partial charge in [0, 0.05) is 18.4 Å². The van der Waals surface area contributed by atoms with Crippen molar-refractivity contribution in [2.45, 2.75) is 6.42 Å². The van der Waals surface area contributed by atoms with Gasteiger partial charge in [0.1, 0.15) is 5.15 Å². The standard InChI is InChI=1S/C18H13ClN6O/c19-15-11(9-12-10-21-25-16(12)24-15)5-3-4-8-20-18(26)17-22-13-6-1-2-7-14(13)23-17/h1-2,6-7,9-10H,4,8H2,(H,20,26)(H,22,23)(H,21,24,25). The molecule has 0 saturated carbocycles. The maximum atomic E-state index is 12.1. The molecule has 7 nitrogen and oxygen atoms in total. The Labute approximate surface area is 153 Å². The lowest BCUT2D eigenvalue weighted by atomic mass is 10.2. The number of aromatic nitrogens is 5. The molecule has 128 valence electrons. The Morgan fingerprint density at radius 2 is 2.15 bits per heavy atom. The molecule has 1 amide bonds. The van der Waals surface area contributed by atoms with Gasteiger partial charge in [0.25, 0.3) is 5.91 Å². The minimum Gasteiger partial charge on any atom is -0.348 e. The highest BCUT2D eigenvalue weighted by Gasteiger charge is 2.10. The van der Waals surface area contributed by atoms with Gasteiger partial charge in [-0.05, 0) is 18.2 Å². The van der Waals surface area contributed by atoms with Gasteiger partial charge < -0.3 is 10.3 Å². The van der Waals surface area contributed by atoms with Gasteiger partial charge in [0.05, 0.1) is 22.8 Å². The number of carbonyl (C=O) groups excluding carboxylic acids is 1. The van der Waals surface area contributed by atoms with Crippen molar-refractivity contribution in [2.75, 3.05) is 6.54 Å². The first-order chi connectivity index (χ1) is 12.7. The number of hydrogen-bond donors (Lipinski definition) is 3. The maximum absolute atomic E-state index is 12.1. The lowest BCUT2D eigenvalue weighted by molar-refractivity contribution is 0.0945. The zero-order chi connectivity index (χ0) is 17.9. The minimum absolute atomic E-state index is 0.262. The number of nitrogens with zero attached hydrogens (tertiary/aromatic N) is 3. The van der Waals surface area contributed by atoms with E-state index in [0.717, 1.165) is 16.4 Å². The number of benzene rings is 1. The number of imidazole rings is 1. The van der Waals surface area contributed by atoms with E-state index in [-0.39, 0.29) is 11.7 Å². The molecule has 3 N–H and O–H groups in total. The van der Waals surface area contributed by atoms with E-state index in [4.69, 9.17) is 11.6 Å². The van der Waals surface area contributed by atoms with Crippen LogP contribution in [0.3, 0.4) is 0 Å². The predicted octanol–water partition coefficient (Wildman–Crippen LogP) is 2.66. The third-order valence-electron chi connectivity index (χ3n) is 3.74. The van der Waals surface area contributed by atoms with Crippen LogP contribution in [0.15, 0.2) is 36.5 Å². The minimum atomic E-state index is -0.262. The van der Waals surface area contributed by atoms with E-state index in [9.17, 15) is 4.79 Å². The van der Waals surface area contributed by atoms with Crippen molar-refractivity contribution in [1.82, 2.24) is 30.5 Å². The lowest BCUT2D eigenvalue weighted by Crippen LogP contribution is -2.25. The highest BCUT2D eigenvalue weighted by molar-refractivity contribution is 6.31. The molecule has 4 aromatic rings. The number of hydrogen-bond acceptors (Lipinski definition) is 4. The van der Waals surface area contributed by atoms with Gasteiger partial charge in [-0.15, -0.1) is 0 Å². The summed E-state index contributed by atoms with van der Waals surface area (Å²) in [5, 5.41) is 10.6. The fraction of sp³-hybridized carbons (Fsp3) is 0.111. The fourth-order valence-electron chi connectivity index (χ4n) is 2.49. The topological polar surface area (TPSA) is 99.3 Å². The first kappa shape index (κ1) is 16.1. The number of pyridine rings is 1. The number of fused-ring (bicyclic) bond motifs is 2. The van der Waals surface area contributed by atoms with Crippen LogP contribution in [0.25, 0.3) is 22.1 Å². The van der Waals surface area contributed by atoms with Crippen LogP contribution in [0.1, 0.15) is 22.6 Å². The van der Waals surface area contributed by atoms with E-state index >= 15 is 0 Å². The van der Waals surface area contributed by atoms with Crippen molar-refractivity contribution in [3.05, 3.63) is 53.1 Å². The molecule has 0 unspecified atom stereocenters. The van der Waals surface area contributed by atoms with Crippen molar-refractivity contribution in [3.63, 3.8) is 0 Å². The normalized spacial score (nSPS) is 10.7. The van der Waals surface area contributed by atoms with Crippen LogP contribution in [-0.4, -0.2) is 37.6 Å². The van der Waals surface area contributed by atoms with Gasteiger partial charge in [0.15, 0.2) is 11.5 Å². The SMILES string of the molecule is O=C(NCCC#Cc1cc2cn[nH]c2nc1Cl)c1nc2ccccc2[nH]1. The molecule has 26 heavy (non-hydrogen) atoms. The monoisotopic (exact) mass is 364 g/mol. The van der Waals surface area contributed by atoms with Crippen molar-refractivity contribution in [3.8, 4) is 11.8 Å². The maximum Gasteiger partial charge on any atom is 0.287 e. The van der Waals surface area contributed by atoms with E-state index in [1.807, 2.05) is 30.3 Å². The summed E-state index contributed by atoms with van der Waals surface area (Å²) in [6.45, 7) is 0.405. The number of amides is 1. The Bertz CT molecular complexity index is 1130. The van der Waals surface area contributed by atoms with E-state index < -0.39 is 0 Å². The van der Waals surface area contributed by atoms with Crippen LogP contribution >= 0.6 is 11.6 Å². The summed E-state index contributed by atoms with van der Waals surface area (Å²) < 4.78 is 0. The summed E-state index contributed by atoms with van der Waals surface area (Å²) in [6, 6.07) is 9.32. The number of aromatic amines is 2. The Balaban J connectivity index is 1.36. The number of rotatable bonds is 3. The molecule has 1 aromatic carbocycles. The number of nitrogens with one attached hydrogen (secondary N) is 3. The van der Waals surface area contributed by atoms with E-state index in [1.165, 1.54) is 0 Å². The molecule has 4 rings (SSSR count). The predicted molar refractivity (Wildman–Crippen MR) is 98.8 cm³/mol. The van der Waals surface area contributed by atoms with Crippen molar-refractivity contribution >= 4 is 39.6 Å². The zero-order valence-electron chi connectivity index (χ0n) is 13.5. The lowest BCUT2D eigenvalue weighted by Gasteiger charge is -1.99. The van der Waals surface area contributed by atoms with Gasteiger partial charge >= 0.3 is 0 Å². The zero-order valence-corrected chi connectivity index (χ0v) is 14.3. The second-order valence-corrected chi connectivity index (χ2v) is 5.90. The Morgan fingerprint density at radius 3 is 3.04 bits per heavy atom. The third-order valence-corrected chi connectivity index (χ3v) is 4.03. The summed E-state index contributed by atoms with van der Waals surface area (Å²) in [7, 11) is 0. The van der Waals surface area contributed by atoms with E-state index in [2.05, 4.69) is 42.3 Å². The Morgan fingerprint density at radius 1 is 1.27 bits per heavy atom. The van der Waals surface area contributed by atoms with Crippen LogP contribution in [0.5, 0.6) is 0 Å². The number of para-hydroxylation sites is 2. The molecule has 0 saturated heterocycles. The average Bonchev–Trinajstić information content (AvgIpc) is 3.27. The number of halogens is 1. The van der Waals surface area contributed by atoms with Gasteiger partial charge in [-0.25, -0.2) is 9.97 Å². The summed E-state index contributed by atoms with van der Waals surface area (Å²) in [4.78, 5) is 23.6. The van der Waals surface area contributed by atoms with Gasteiger partial charge in [-0.3, -0.25) is 9.89 Å². The molecular weight excluding hydrogens is 352 g/mol. The van der Waals surface area contributed by atoms with Crippen LogP contribution in [0.4, 0.5) is 0 Å². The summed E-state index contributed by atoms with van der Waals surface area (Å²) in [5.74, 6) is 5.98. The van der Waals surface area contributed by atoms with Gasteiger partial charge in [-0.2, -0.15) is 5.10 Å². The Hall–Kier alpha value is -3.37. The second-order valence-electron chi connectivity index (χ2n) is 5.54. The van der Waals surface area contributed by atoms with Crippen LogP contribution in [0.2, 0.25) is 5.15 Å². The Kier molecular flexibility index (Phi) is 4.25. The van der Waals surface area contributed by atoms with Crippen LogP contribution in [0, 0.1) is 11.8 Å². The van der Waals surface area contributed by atoms with Gasteiger partial charge in [0.2, 0.25) is 0 Å². The highest BCUT2D eigenvalue weighted by Crippen LogP contribution is 2.17. The van der Waals surface area contributed by atoms with Crippen molar-refractivity contribution < 1.29 is 4.79 Å². The van der Waals surface area contributed by atoms with Crippen molar-refractivity contribution in [2.24, 2.45) is 0 Å². The molecule has 0 aliphatic heterocycles. The first-order valence-electron chi connectivity index (χ1n) is 7.92.